The van der Waals surface area contributed by atoms with Crippen LogP contribution in [0.25, 0.3) is 28.6 Å². The number of rotatable bonds is 7. The first-order chi connectivity index (χ1) is 18.3. The number of thiophene rings is 1. The quantitative estimate of drug-likeness (QED) is 0.231. The Balaban J connectivity index is 1.20. The first-order valence-electron chi connectivity index (χ1n) is 10.9. The van der Waals surface area contributed by atoms with Gasteiger partial charge in [0.1, 0.15) is 10.1 Å². The molecule has 0 aliphatic carbocycles. The van der Waals surface area contributed by atoms with Crippen molar-refractivity contribution in [2.24, 2.45) is 0 Å². The Morgan fingerprint density at radius 1 is 1.05 bits per heavy atom. The molecule has 1 aliphatic heterocycles. The molecule has 3 heterocycles. The van der Waals surface area contributed by atoms with Crippen LogP contribution >= 0.6 is 35.3 Å². The highest BCUT2D eigenvalue weighted by atomic mass is 32.2. The number of nitrogens with zero attached hydrogens (tertiary/aromatic N) is 4. The summed E-state index contributed by atoms with van der Waals surface area (Å²) in [4.78, 5) is 27.7. The number of benzene rings is 2. The van der Waals surface area contributed by atoms with Gasteiger partial charge in [0.25, 0.3) is 5.91 Å². The van der Waals surface area contributed by atoms with E-state index in [9.17, 15) is 22.8 Å². The van der Waals surface area contributed by atoms with E-state index in [-0.39, 0.29) is 30.4 Å². The zero-order chi connectivity index (χ0) is 26.8. The number of hydrogen-bond donors (Lipinski definition) is 2. The Morgan fingerprint density at radius 3 is 2.58 bits per heavy atom. The third-order valence-electron chi connectivity index (χ3n) is 5.43. The first kappa shape index (κ1) is 25.8. The molecule has 1 aliphatic rings. The molecule has 2 N–H and O–H groups in total. The molecule has 8 nitrogen and oxygen atoms in total. The Kier molecular flexibility index (Phi) is 7.35. The molecular formula is C24H15F3N6O2S3. The van der Waals surface area contributed by atoms with Crippen LogP contribution in [0.5, 0.6) is 0 Å². The first-order valence-corrected chi connectivity index (χ1v) is 13.0. The second-order valence-electron chi connectivity index (χ2n) is 7.93. The number of hydrogen-bond acceptors (Lipinski definition) is 8. The Bertz CT molecular complexity index is 1590. The van der Waals surface area contributed by atoms with Crippen molar-refractivity contribution in [2.75, 3.05) is 11.9 Å². The summed E-state index contributed by atoms with van der Waals surface area (Å²) in [6.07, 6.45) is 1.55. The van der Waals surface area contributed by atoms with Gasteiger partial charge in [0.2, 0.25) is 11.7 Å². The fraction of sp³-hybridized carbons (Fsp3) is 0.0833. The molecule has 2 aromatic carbocycles. The van der Waals surface area contributed by atoms with Crippen LogP contribution in [0.15, 0.2) is 52.7 Å². The van der Waals surface area contributed by atoms with Gasteiger partial charge in [-0.1, -0.05) is 30.0 Å². The van der Waals surface area contributed by atoms with Crippen molar-refractivity contribution in [3.8, 4) is 22.5 Å². The highest BCUT2D eigenvalue weighted by molar-refractivity contribution is 8.26. The van der Waals surface area contributed by atoms with Crippen LogP contribution in [0.2, 0.25) is 0 Å². The molecule has 2 aromatic heterocycles. The zero-order valence-corrected chi connectivity index (χ0v) is 21.5. The number of thiocarbonyl (C=S) groups is 1. The fourth-order valence-corrected chi connectivity index (χ4v) is 5.77. The number of aromatic nitrogens is 4. The minimum atomic E-state index is -0.941. The fourth-order valence-electron chi connectivity index (χ4n) is 3.54. The van der Waals surface area contributed by atoms with E-state index >= 15 is 0 Å². The van der Waals surface area contributed by atoms with Crippen molar-refractivity contribution in [1.82, 2.24) is 25.5 Å². The molecule has 1 saturated heterocycles. The van der Waals surface area contributed by atoms with E-state index < -0.39 is 23.4 Å². The summed E-state index contributed by atoms with van der Waals surface area (Å²) in [5.74, 6) is -3.18. The normalized spacial score (nSPS) is 14.5. The van der Waals surface area contributed by atoms with Gasteiger partial charge in [0.15, 0.2) is 11.6 Å². The van der Waals surface area contributed by atoms with Gasteiger partial charge >= 0.3 is 0 Å². The lowest BCUT2D eigenvalue weighted by Crippen LogP contribution is -2.31. The number of halogens is 3. The van der Waals surface area contributed by atoms with Gasteiger partial charge in [-0.3, -0.25) is 14.5 Å². The summed E-state index contributed by atoms with van der Waals surface area (Å²) in [5.41, 5.74) is 1.56. The maximum atomic E-state index is 14.4. The van der Waals surface area contributed by atoms with Crippen LogP contribution < -0.4 is 5.32 Å². The topological polar surface area (TPSA) is 104 Å². The molecular weight excluding hydrogens is 557 g/mol. The summed E-state index contributed by atoms with van der Waals surface area (Å²) >= 11 is 7.75. The maximum absolute atomic E-state index is 14.4. The second-order valence-corrected chi connectivity index (χ2v) is 10.5. The number of tetrazole rings is 1. The number of amides is 2. The van der Waals surface area contributed by atoms with Crippen molar-refractivity contribution < 1.29 is 22.8 Å². The molecule has 0 radical (unpaired) electrons. The van der Waals surface area contributed by atoms with Gasteiger partial charge in [-0.15, -0.1) is 21.5 Å². The third-order valence-corrected chi connectivity index (χ3v) is 7.69. The van der Waals surface area contributed by atoms with E-state index in [1.165, 1.54) is 34.4 Å². The summed E-state index contributed by atoms with van der Waals surface area (Å²) in [5, 5.41) is 17.5. The summed E-state index contributed by atoms with van der Waals surface area (Å²) in [6.45, 7) is 0.0148. The van der Waals surface area contributed by atoms with Gasteiger partial charge in [-0.25, -0.2) is 13.2 Å². The van der Waals surface area contributed by atoms with Gasteiger partial charge in [-0.2, -0.15) is 5.21 Å². The van der Waals surface area contributed by atoms with Crippen molar-refractivity contribution in [1.29, 1.82) is 0 Å². The number of aromatic amines is 1. The summed E-state index contributed by atoms with van der Waals surface area (Å²) in [7, 11) is 0. The molecule has 0 saturated carbocycles. The average Bonchev–Trinajstić information content (AvgIpc) is 3.64. The highest BCUT2D eigenvalue weighted by Gasteiger charge is 2.32. The monoisotopic (exact) mass is 572 g/mol. The molecule has 0 unspecified atom stereocenters. The van der Waals surface area contributed by atoms with Gasteiger partial charge < -0.3 is 5.32 Å². The Labute approximate surface area is 226 Å². The van der Waals surface area contributed by atoms with E-state index in [0.29, 0.717) is 25.9 Å². The van der Waals surface area contributed by atoms with Crippen molar-refractivity contribution >= 4 is 63.2 Å². The zero-order valence-electron chi connectivity index (χ0n) is 19.1. The predicted octanol–water partition coefficient (Wildman–Crippen LogP) is 5.24. The van der Waals surface area contributed by atoms with Crippen molar-refractivity contribution in [3.63, 3.8) is 0 Å². The van der Waals surface area contributed by atoms with Crippen LogP contribution in [0.4, 0.5) is 18.9 Å². The molecule has 38 heavy (non-hydrogen) atoms. The SMILES string of the molecule is O=C(CCN1C(=O)/C(=C/c2cc(-c3ccc(F)c(F)c3)cs2)SC1=S)Nc1ccc(-c2nn[nH]n2)cc1F. The van der Waals surface area contributed by atoms with Gasteiger partial charge in [-0.05, 0) is 64.2 Å². The number of H-pyrrole nitrogens is 1. The van der Waals surface area contributed by atoms with Crippen LogP contribution in [-0.2, 0) is 9.59 Å². The minimum Gasteiger partial charge on any atom is -0.324 e. The molecule has 0 atom stereocenters. The molecule has 192 valence electrons. The Morgan fingerprint density at radius 2 is 1.84 bits per heavy atom. The largest absolute Gasteiger partial charge is 0.324 e. The minimum absolute atomic E-state index is 0.0148. The number of carbonyl (C=O) groups excluding carboxylic acids is 2. The predicted molar refractivity (Wildman–Crippen MR) is 142 cm³/mol. The van der Waals surface area contributed by atoms with Crippen molar-refractivity contribution in [3.05, 3.63) is 75.1 Å². The molecule has 14 heteroatoms. The number of thioether (sulfide) groups is 1. The Hall–Kier alpha value is -3.88. The number of nitrogens with one attached hydrogen (secondary N) is 2. The van der Waals surface area contributed by atoms with Crippen LogP contribution in [0.3, 0.4) is 0 Å². The van der Waals surface area contributed by atoms with Crippen LogP contribution in [-0.4, -0.2) is 48.2 Å². The smallest absolute Gasteiger partial charge is 0.266 e. The van der Waals surface area contributed by atoms with Gasteiger partial charge in [0, 0.05) is 23.4 Å². The summed E-state index contributed by atoms with van der Waals surface area (Å²) in [6, 6.07) is 9.51. The van der Waals surface area contributed by atoms with E-state index in [2.05, 4.69) is 25.9 Å². The van der Waals surface area contributed by atoms with E-state index in [4.69, 9.17) is 12.2 Å². The lowest BCUT2D eigenvalue weighted by Gasteiger charge is -2.14. The molecule has 4 aromatic rings. The van der Waals surface area contributed by atoms with E-state index in [1.807, 2.05) is 0 Å². The van der Waals surface area contributed by atoms with E-state index in [1.54, 1.807) is 23.6 Å². The van der Waals surface area contributed by atoms with Crippen molar-refractivity contribution in [2.45, 2.75) is 6.42 Å². The highest BCUT2D eigenvalue weighted by Crippen LogP contribution is 2.35. The number of carbonyl (C=O) groups is 2. The average molecular weight is 573 g/mol. The summed E-state index contributed by atoms with van der Waals surface area (Å²) < 4.78 is 41.5. The lowest BCUT2D eigenvalue weighted by molar-refractivity contribution is -0.122. The third kappa shape index (κ3) is 5.51. The van der Waals surface area contributed by atoms with Crippen LogP contribution in [0.1, 0.15) is 11.3 Å². The van der Waals surface area contributed by atoms with Gasteiger partial charge in [0.05, 0.1) is 10.6 Å². The molecule has 2 amide bonds. The lowest BCUT2D eigenvalue weighted by atomic mass is 10.1. The molecule has 0 spiro atoms. The number of anilines is 1. The van der Waals surface area contributed by atoms with E-state index in [0.717, 1.165) is 28.8 Å². The molecule has 1 fully saturated rings. The second kappa shape index (κ2) is 10.8. The molecule has 5 rings (SSSR count). The maximum Gasteiger partial charge on any atom is 0.266 e. The standard InChI is InChI=1S/C24H15F3N6O2S3/c25-16-3-1-12(8-17(16)26)14-7-15(37-11-14)10-20-23(35)33(24(36)38-20)6-5-21(34)28-19-4-2-13(9-18(19)27)22-29-31-32-30-22/h1-4,7-11H,5-6H2,(H,28,34)(H,29,30,31,32)/b20-10-. The van der Waals surface area contributed by atoms with Crippen LogP contribution in [0, 0.1) is 17.5 Å². The molecule has 0 bridgehead atoms.